The van der Waals surface area contributed by atoms with Gasteiger partial charge < -0.3 is 10.1 Å². The number of ether oxygens (including phenoxy) is 1. The number of nitrogens with zero attached hydrogens (tertiary/aromatic N) is 1. The van der Waals surface area contributed by atoms with Gasteiger partial charge in [-0.2, -0.15) is 5.26 Å². The Kier molecular flexibility index (Phi) is 4.75. The first-order valence-corrected chi connectivity index (χ1v) is 7.08. The predicted molar refractivity (Wildman–Crippen MR) is 76.1 cm³/mol. The summed E-state index contributed by atoms with van der Waals surface area (Å²) in [7, 11) is 0. The van der Waals surface area contributed by atoms with Gasteiger partial charge in [0.25, 0.3) is 0 Å². The topological polar surface area (TPSA) is 62.1 Å². The molecule has 0 spiro atoms. The molecule has 4 nitrogen and oxygen atoms in total. The maximum atomic E-state index is 12.3. The van der Waals surface area contributed by atoms with Crippen LogP contribution in [0.2, 0.25) is 0 Å². The summed E-state index contributed by atoms with van der Waals surface area (Å²) < 4.78 is 5.25. The molecule has 1 aromatic carbocycles. The van der Waals surface area contributed by atoms with E-state index in [1.54, 1.807) is 0 Å². The van der Waals surface area contributed by atoms with Crippen LogP contribution in [0.1, 0.15) is 30.9 Å². The lowest BCUT2D eigenvalue weighted by Crippen LogP contribution is -2.54. The summed E-state index contributed by atoms with van der Waals surface area (Å²) in [5.74, 6) is -0.187. The fraction of sp³-hybridized carbons (Fsp3) is 0.500. The standard InChI is InChI=1S/C16H20N2O2/c1-2-20-15(19)16(18-10-6-5-9-17)11-13-7-3-4-8-14(13)12-16/h3-4,7-8,18H,2,5-6,10-12H2,1H3. The van der Waals surface area contributed by atoms with Crippen molar-refractivity contribution in [2.24, 2.45) is 0 Å². The van der Waals surface area contributed by atoms with E-state index in [-0.39, 0.29) is 5.97 Å². The van der Waals surface area contributed by atoms with Gasteiger partial charge in [-0.25, -0.2) is 0 Å². The van der Waals surface area contributed by atoms with Crippen molar-refractivity contribution in [3.8, 4) is 6.07 Å². The molecule has 0 fully saturated rings. The first kappa shape index (κ1) is 14.5. The first-order valence-electron chi connectivity index (χ1n) is 7.08. The Morgan fingerprint density at radius 2 is 2.05 bits per heavy atom. The normalized spacial score (nSPS) is 15.4. The monoisotopic (exact) mass is 272 g/mol. The quantitative estimate of drug-likeness (QED) is 0.635. The van der Waals surface area contributed by atoms with E-state index in [1.165, 1.54) is 11.1 Å². The van der Waals surface area contributed by atoms with Gasteiger partial charge in [-0.15, -0.1) is 0 Å². The molecule has 1 aliphatic carbocycles. The van der Waals surface area contributed by atoms with Crippen LogP contribution in [0, 0.1) is 11.3 Å². The summed E-state index contributed by atoms with van der Waals surface area (Å²) in [6.07, 6.45) is 2.57. The van der Waals surface area contributed by atoms with Gasteiger partial charge in [-0.3, -0.25) is 4.79 Å². The highest BCUT2D eigenvalue weighted by atomic mass is 16.5. The van der Waals surface area contributed by atoms with E-state index in [0.717, 1.165) is 6.42 Å². The number of esters is 1. The van der Waals surface area contributed by atoms with E-state index in [1.807, 2.05) is 19.1 Å². The van der Waals surface area contributed by atoms with Gasteiger partial charge in [0, 0.05) is 19.3 Å². The van der Waals surface area contributed by atoms with Crippen molar-refractivity contribution in [1.82, 2.24) is 5.32 Å². The van der Waals surface area contributed by atoms with Crippen LogP contribution < -0.4 is 5.32 Å². The molecule has 20 heavy (non-hydrogen) atoms. The summed E-state index contributed by atoms with van der Waals surface area (Å²) in [5.41, 5.74) is 1.75. The molecule has 0 aliphatic heterocycles. The molecule has 4 heteroatoms. The minimum Gasteiger partial charge on any atom is -0.465 e. The number of unbranched alkanes of at least 4 members (excludes halogenated alkanes) is 1. The van der Waals surface area contributed by atoms with Gasteiger partial charge in [-0.1, -0.05) is 24.3 Å². The van der Waals surface area contributed by atoms with E-state index in [9.17, 15) is 4.79 Å². The van der Waals surface area contributed by atoms with Crippen LogP contribution in [0.15, 0.2) is 24.3 Å². The van der Waals surface area contributed by atoms with E-state index >= 15 is 0 Å². The van der Waals surface area contributed by atoms with Crippen LogP contribution in [-0.4, -0.2) is 24.7 Å². The van der Waals surface area contributed by atoms with E-state index < -0.39 is 5.54 Å². The Balaban J connectivity index is 2.11. The zero-order chi connectivity index (χ0) is 14.4. The van der Waals surface area contributed by atoms with Crippen molar-refractivity contribution in [3.05, 3.63) is 35.4 Å². The van der Waals surface area contributed by atoms with Crippen molar-refractivity contribution >= 4 is 5.97 Å². The highest BCUT2D eigenvalue weighted by molar-refractivity contribution is 5.83. The molecule has 0 heterocycles. The minimum absolute atomic E-state index is 0.187. The summed E-state index contributed by atoms with van der Waals surface area (Å²) in [5, 5.41) is 11.9. The lowest BCUT2D eigenvalue weighted by molar-refractivity contribution is -0.150. The molecule has 0 bridgehead atoms. The molecule has 0 radical (unpaired) electrons. The third kappa shape index (κ3) is 3.00. The average Bonchev–Trinajstić information content (AvgIpc) is 2.84. The fourth-order valence-electron chi connectivity index (χ4n) is 2.72. The van der Waals surface area contributed by atoms with Gasteiger partial charge in [0.15, 0.2) is 0 Å². The number of nitriles is 1. The molecule has 0 unspecified atom stereocenters. The molecule has 1 aliphatic rings. The number of hydrogen-bond acceptors (Lipinski definition) is 4. The summed E-state index contributed by atoms with van der Waals surface area (Å²) >= 11 is 0. The lowest BCUT2D eigenvalue weighted by Gasteiger charge is -2.28. The van der Waals surface area contributed by atoms with E-state index in [2.05, 4.69) is 23.5 Å². The van der Waals surface area contributed by atoms with E-state index in [4.69, 9.17) is 10.00 Å². The molecular weight excluding hydrogens is 252 g/mol. The smallest absolute Gasteiger partial charge is 0.327 e. The molecule has 0 saturated heterocycles. The molecule has 106 valence electrons. The summed E-state index contributed by atoms with van der Waals surface area (Å²) in [4.78, 5) is 12.3. The minimum atomic E-state index is -0.658. The maximum absolute atomic E-state index is 12.3. The van der Waals surface area contributed by atoms with Crippen LogP contribution in [0.3, 0.4) is 0 Å². The van der Waals surface area contributed by atoms with Gasteiger partial charge in [0.2, 0.25) is 0 Å². The van der Waals surface area contributed by atoms with Crippen LogP contribution >= 0.6 is 0 Å². The maximum Gasteiger partial charge on any atom is 0.327 e. The van der Waals surface area contributed by atoms with Gasteiger partial charge in [-0.05, 0) is 31.0 Å². The predicted octanol–water partition coefficient (Wildman–Crippen LogP) is 1.98. The third-order valence-corrected chi connectivity index (χ3v) is 3.70. The van der Waals surface area contributed by atoms with Gasteiger partial charge >= 0.3 is 5.97 Å². The molecular formula is C16H20N2O2. The largest absolute Gasteiger partial charge is 0.465 e. The van der Waals surface area contributed by atoms with Gasteiger partial charge in [0.1, 0.15) is 5.54 Å². The van der Waals surface area contributed by atoms with Crippen molar-refractivity contribution in [2.45, 2.75) is 38.1 Å². The van der Waals surface area contributed by atoms with Crippen molar-refractivity contribution in [2.75, 3.05) is 13.2 Å². The Morgan fingerprint density at radius 3 is 2.60 bits per heavy atom. The second-order valence-electron chi connectivity index (χ2n) is 5.11. The first-order chi connectivity index (χ1) is 9.72. The Morgan fingerprint density at radius 1 is 1.40 bits per heavy atom. The van der Waals surface area contributed by atoms with Crippen molar-refractivity contribution in [3.63, 3.8) is 0 Å². The number of fused-ring (bicyclic) bond motifs is 1. The zero-order valence-corrected chi connectivity index (χ0v) is 11.8. The molecule has 0 atom stereocenters. The fourth-order valence-corrected chi connectivity index (χ4v) is 2.72. The molecule has 2 rings (SSSR count). The highest BCUT2D eigenvalue weighted by Gasteiger charge is 2.44. The average molecular weight is 272 g/mol. The van der Waals surface area contributed by atoms with Gasteiger partial charge in [0.05, 0.1) is 12.7 Å². The molecule has 0 aromatic heterocycles. The second kappa shape index (κ2) is 6.53. The summed E-state index contributed by atoms with van der Waals surface area (Å²) in [6, 6.07) is 10.2. The number of carbonyl (C=O) groups is 1. The van der Waals surface area contributed by atoms with E-state index in [0.29, 0.717) is 32.4 Å². The Hall–Kier alpha value is -1.86. The Labute approximate surface area is 119 Å². The van der Waals surface area contributed by atoms with Crippen LogP contribution in [0.5, 0.6) is 0 Å². The molecule has 1 N–H and O–H groups in total. The van der Waals surface area contributed by atoms with Crippen LogP contribution in [0.4, 0.5) is 0 Å². The van der Waals surface area contributed by atoms with Crippen LogP contribution in [-0.2, 0) is 22.4 Å². The van der Waals surface area contributed by atoms with Crippen molar-refractivity contribution < 1.29 is 9.53 Å². The molecule has 0 amide bonds. The number of nitrogens with one attached hydrogen (secondary N) is 1. The number of carbonyl (C=O) groups excluding carboxylic acids is 1. The zero-order valence-electron chi connectivity index (χ0n) is 11.8. The lowest BCUT2D eigenvalue weighted by atomic mass is 9.95. The number of rotatable bonds is 6. The number of hydrogen-bond donors (Lipinski definition) is 1. The third-order valence-electron chi connectivity index (χ3n) is 3.70. The second-order valence-corrected chi connectivity index (χ2v) is 5.11. The SMILES string of the molecule is CCOC(=O)C1(NCCCC#N)Cc2ccccc2C1. The number of benzene rings is 1. The van der Waals surface area contributed by atoms with Crippen LogP contribution in [0.25, 0.3) is 0 Å². The summed E-state index contributed by atoms with van der Waals surface area (Å²) in [6.45, 7) is 2.86. The molecule has 0 saturated carbocycles. The Bertz CT molecular complexity index is 494. The van der Waals surface area contributed by atoms with Crippen molar-refractivity contribution in [1.29, 1.82) is 5.26 Å². The highest BCUT2D eigenvalue weighted by Crippen LogP contribution is 2.31. The molecule has 1 aromatic rings.